The molecule has 0 aromatic rings. The van der Waals surface area contributed by atoms with E-state index in [0.717, 1.165) is 0 Å². The second kappa shape index (κ2) is 2.95. The van der Waals surface area contributed by atoms with Gasteiger partial charge in [-0.15, -0.1) is 0 Å². The van der Waals surface area contributed by atoms with E-state index in [1.807, 2.05) is 5.73 Å². The van der Waals surface area contributed by atoms with Gasteiger partial charge in [-0.05, 0) is 12.8 Å². The first-order valence-electron chi connectivity index (χ1n) is 5.19. The number of rotatable bonds is 2. The number of epoxide rings is 1. The molecule has 0 aromatic carbocycles. The summed E-state index contributed by atoms with van der Waals surface area (Å²) in [5.74, 6) is -1.32. The molecule has 1 saturated heterocycles. The Kier molecular flexibility index (Phi) is 1.73. The highest BCUT2D eigenvalue weighted by Crippen LogP contribution is 2.49. The van der Waals surface area contributed by atoms with Gasteiger partial charge in [0, 0.05) is 7.05 Å². The highest BCUT2D eigenvalue weighted by molar-refractivity contribution is 5.87. The van der Waals surface area contributed by atoms with Gasteiger partial charge < -0.3 is 15.8 Å². The van der Waals surface area contributed by atoms with Gasteiger partial charge in [-0.2, -0.15) is 0 Å². The van der Waals surface area contributed by atoms with E-state index in [0.29, 0.717) is 19.4 Å². The van der Waals surface area contributed by atoms with Crippen LogP contribution in [0.1, 0.15) is 12.8 Å². The summed E-state index contributed by atoms with van der Waals surface area (Å²) >= 11 is 0. The first kappa shape index (κ1) is 8.23. The van der Waals surface area contributed by atoms with Crippen molar-refractivity contribution in [2.24, 2.45) is 17.6 Å². The largest absolute Gasteiger partial charge is 0.370 e. The van der Waals surface area contributed by atoms with E-state index in [1.165, 1.54) is 0 Å². The van der Waals surface area contributed by atoms with E-state index in [1.54, 1.807) is 7.05 Å². The summed E-state index contributed by atoms with van der Waals surface area (Å²) in [5.41, 5.74) is 1.60. The maximum absolute atomic E-state index is 11.6. The summed E-state index contributed by atoms with van der Waals surface area (Å²) in [4.78, 5) is 23.0. The van der Waals surface area contributed by atoms with Gasteiger partial charge in [0.2, 0.25) is 11.8 Å². The number of hydrogen-bond donors (Lipinski definition) is 2. The van der Waals surface area contributed by atoms with E-state index in [-0.39, 0.29) is 17.4 Å². The van der Waals surface area contributed by atoms with Crippen molar-refractivity contribution in [3.8, 4) is 0 Å². The van der Waals surface area contributed by atoms with Crippen LogP contribution in [0.15, 0.2) is 0 Å². The number of amides is 2. The molecule has 1 saturated carbocycles. The molecule has 1 unspecified atom stereocenters. The SMILES string of the molecule is [2H]NC(=O)[C@H]1CC2(CO2)C[C@@H]1C(=O)NC. The van der Waals surface area contributed by atoms with Gasteiger partial charge in [0.1, 0.15) is 0 Å². The topological polar surface area (TPSA) is 84.7 Å². The van der Waals surface area contributed by atoms with Gasteiger partial charge in [-0.25, -0.2) is 0 Å². The molecule has 1 aliphatic heterocycles. The predicted molar refractivity (Wildman–Crippen MR) is 48.2 cm³/mol. The number of nitrogens with one attached hydrogen (secondary N) is 1. The van der Waals surface area contributed by atoms with Crippen molar-refractivity contribution in [3.05, 3.63) is 0 Å². The fraction of sp³-hybridized carbons (Fsp3) is 0.778. The van der Waals surface area contributed by atoms with Crippen LogP contribution < -0.4 is 11.0 Å². The normalized spacial score (nSPS) is 40.5. The lowest BCUT2D eigenvalue weighted by Crippen LogP contribution is -2.35. The van der Waals surface area contributed by atoms with Crippen molar-refractivity contribution in [1.29, 1.82) is 0 Å². The summed E-state index contributed by atoms with van der Waals surface area (Å²) in [6, 6.07) is 0. The molecule has 1 spiro atoms. The molecule has 2 amide bonds. The van der Waals surface area contributed by atoms with Gasteiger partial charge in [-0.3, -0.25) is 9.59 Å². The van der Waals surface area contributed by atoms with Gasteiger partial charge in [0.15, 0.2) is 1.41 Å². The Bertz CT molecular complexity index is 278. The molecule has 1 aliphatic carbocycles. The number of hydrogen-bond acceptors (Lipinski definition) is 3. The number of nitrogens with two attached hydrogens (primary N) is 1. The molecule has 0 aromatic heterocycles. The first-order chi connectivity index (χ1) is 7.12. The van der Waals surface area contributed by atoms with Crippen LogP contribution in [-0.4, -0.2) is 31.1 Å². The molecule has 5 nitrogen and oxygen atoms in total. The molecule has 2 rings (SSSR count). The van der Waals surface area contributed by atoms with Crippen molar-refractivity contribution in [1.82, 2.24) is 5.32 Å². The average molecular weight is 199 g/mol. The van der Waals surface area contributed by atoms with Crippen molar-refractivity contribution in [3.63, 3.8) is 0 Å². The van der Waals surface area contributed by atoms with Gasteiger partial charge >= 0.3 is 0 Å². The molecule has 0 bridgehead atoms. The van der Waals surface area contributed by atoms with Crippen LogP contribution in [0.2, 0.25) is 1.41 Å². The monoisotopic (exact) mass is 199 g/mol. The van der Waals surface area contributed by atoms with E-state index in [9.17, 15) is 9.59 Å². The van der Waals surface area contributed by atoms with Crippen molar-refractivity contribution in [2.75, 3.05) is 13.7 Å². The fourth-order valence-electron chi connectivity index (χ4n) is 2.24. The van der Waals surface area contributed by atoms with Gasteiger partial charge in [-0.1, -0.05) is 0 Å². The molecule has 1 heterocycles. The Morgan fingerprint density at radius 3 is 2.71 bits per heavy atom. The molecule has 5 heteroatoms. The lowest BCUT2D eigenvalue weighted by Gasteiger charge is -2.13. The zero-order valence-corrected chi connectivity index (χ0v) is 8.00. The zero-order chi connectivity index (χ0) is 11.1. The van der Waals surface area contributed by atoms with E-state index in [2.05, 4.69) is 5.32 Å². The standard InChI is InChI=1S/C9H14N2O3/c1-11-8(13)6-3-9(4-14-9)2-5(6)7(10)12/h5-6H,2-4H2,1H3,(H2,10,12)(H,11,13)/t5-,6-,9?/m0/s1/i/hD. The predicted octanol–water partition coefficient (Wildman–Crippen LogP) is -0.987. The summed E-state index contributed by atoms with van der Waals surface area (Å²) in [7, 11) is 1.55. The van der Waals surface area contributed by atoms with E-state index in [4.69, 9.17) is 6.15 Å². The maximum Gasteiger partial charge on any atom is 0.223 e. The Labute approximate surface area is 83.4 Å². The quantitative estimate of drug-likeness (QED) is 0.560. The second-order valence-electron chi connectivity index (χ2n) is 4.07. The van der Waals surface area contributed by atoms with Crippen LogP contribution >= 0.6 is 0 Å². The zero-order valence-electron chi connectivity index (χ0n) is 9.00. The maximum atomic E-state index is 11.6. The second-order valence-corrected chi connectivity index (χ2v) is 4.07. The molecule has 2 fully saturated rings. The smallest absolute Gasteiger partial charge is 0.223 e. The summed E-state index contributed by atoms with van der Waals surface area (Å²) in [6.45, 7) is 0.627. The Morgan fingerprint density at radius 2 is 2.21 bits per heavy atom. The van der Waals surface area contributed by atoms with E-state index < -0.39 is 11.8 Å². The molecule has 14 heavy (non-hydrogen) atoms. The minimum atomic E-state index is -0.426. The molecule has 78 valence electrons. The van der Waals surface area contributed by atoms with Crippen molar-refractivity contribution in [2.45, 2.75) is 18.4 Å². The number of ether oxygens (including phenoxy) is 1. The van der Waals surface area contributed by atoms with Crippen LogP contribution in [0.25, 0.3) is 0 Å². The van der Waals surface area contributed by atoms with Crippen LogP contribution in [0.4, 0.5) is 0 Å². The first-order valence-corrected chi connectivity index (χ1v) is 4.69. The number of carbonyl (C=O) groups excluding carboxylic acids is 2. The Hall–Kier alpha value is -1.10. The molecule has 0 radical (unpaired) electrons. The average Bonchev–Trinajstić information content (AvgIpc) is 2.88. The highest BCUT2D eigenvalue weighted by Gasteiger charge is 2.57. The van der Waals surface area contributed by atoms with Crippen LogP contribution in [0.5, 0.6) is 0 Å². The van der Waals surface area contributed by atoms with Gasteiger partial charge in [0.25, 0.3) is 0 Å². The third-order valence-electron chi connectivity index (χ3n) is 3.14. The van der Waals surface area contributed by atoms with Crippen LogP contribution in [0, 0.1) is 11.8 Å². The molecular formula is C9H14N2O3. The highest BCUT2D eigenvalue weighted by atomic mass is 16.6. The summed E-state index contributed by atoms with van der Waals surface area (Å²) in [5, 5.41) is 2.55. The Morgan fingerprint density at radius 1 is 1.57 bits per heavy atom. The van der Waals surface area contributed by atoms with Crippen LogP contribution in [0.3, 0.4) is 0 Å². The molecule has 3 N–H and O–H groups in total. The number of carbonyl (C=O) groups is 2. The lowest BCUT2D eigenvalue weighted by molar-refractivity contribution is -0.131. The molecular weight excluding hydrogens is 184 g/mol. The van der Waals surface area contributed by atoms with Crippen molar-refractivity contribution < 1.29 is 15.7 Å². The third-order valence-corrected chi connectivity index (χ3v) is 3.14. The van der Waals surface area contributed by atoms with Crippen LogP contribution in [-0.2, 0) is 14.3 Å². The van der Waals surface area contributed by atoms with Gasteiger partial charge in [0.05, 0.1) is 24.0 Å². The molecule has 3 atom stereocenters. The fourth-order valence-corrected chi connectivity index (χ4v) is 2.24. The Balaban J connectivity index is 2.12. The lowest BCUT2D eigenvalue weighted by atomic mass is 9.95. The van der Waals surface area contributed by atoms with Crippen molar-refractivity contribution >= 4 is 11.8 Å². The summed E-state index contributed by atoms with van der Waals surface area (Å²) in [6.07, 6.45) is 1.14. The van der Waals surface area contributed by atoms with E-state index >= 15 is 0 Å². The number of primary amides is 1. The molecule has 2 aliphatic rings. The third kappa shape index (κ3) is 1.37. The minimum absolute atomic E-state index is 0.143. The minimum Gasteiger partial charge on any atom is -0.370 e. The summed E-state index contributed by atoms with van der Waals surface area (Å²) < 4.78 is 12.1.